The Morgan fingerprint density at radius 3 is 2.41 bits per heavy atom. The van der Waals surface area contributed by atoms with Crippen LogP contribution in [0.3, 0.4) is 0 Å². The molecule has 0 unspecified atom stereocenters. The van der Waals surface area contributed by atoms with Crippen LogP contribution in [0.1, 0.15) is 5.76 Å². The zero-order valence-corrected chi connectivity index (χ0v) is 14.7. The normalized spacial score (nSPS) is 11.6. The van der Waals surface area contributed by atoms with Gasteiger partial charge in [-0.2, -0.15) is 0 Å². The first-order chi connectivity index (χ1) is 12.8. The van der Waals surface area contributed by atoms with Gasteiger partial charge >= 0.3 is 0 Å². The van der Waals surface area contributed by atoms with Gasteiger partial charge in [-0.05, 0) is 54.6 Å². The number of furan rings is 1. The highest BCUT2D eigenvalue weighted by atomic mass is 32.2. The molecule has 2 aromatic carbocycles. The molecule has 3 N–H and O–H groups in total. The molecule has 0 aliphatic heterocycles. The number of nitrogens with one attached hydrogen (secondary N) is 1. The van der Waals surface area contributed by atoms with Crippen LogP contribution in [0.25, 0.3) is 17.4 Å². The van der Waals surface area contributed by atoms with E-state index in [2.05, 4.69) is 5.32 Å². The third-order valence-electron chi connectivity index (χ3n) is 3.62. The van der Waals surface area contributed by atoms with Crippen molar-refractivity contribution in [3.63, 3.8) is 0 Å². The van der Waals surface area contributed by atoms with Crippen molar-refractivity contribution in [3.8, 4) is 11.3 Å². The summed E-state index contributed by atoms with van der Waals surface area (Å²) in [5.74, 6) is -0.107. The molecular formula is C19H15FN2O4S. The van der Waals surface area contributed by atoms with E-state index in [4.69, 9.17) is 9.56 Å². The first-order valence-electron chi connectivity index (χ1n) is 7.79. The molecule has 0 saturated carbocycles. The Bertz CT molecular complexity index is 1100. The number of sulfonamides is 1. The standard InChI is InChI=1S/C19H15FN2O4S/c20-17-4-2-1-3-16(17)18-11-7-14(26-18)8-12-19(23)22-13-5-9-15(10-6-13)27(21,24)25/h1-12H,(H,22,23)(H2,21,24,25)/b12-8+. The molecule has 1 amide bonds. The fourth-order valence-electron chi connectivity index (χ4n) is 2.32. The van der Waals surface area contributed by atoms with Crippen LogP contribution in [0.15, 0.2) is 76.1 Å². The van der Waals surface area contributed by atoms with Crippen LogP contribution in [0, 0.1) is 5.82 Å². The van der Waals surface area contributed by atoms with Crippen LogP contribution in [0.5, 0.6) is 0 Å². The average Bonchev–Trinajstić information content (AvgIpc) is 3.09. The van der Waals surface area contributed by atoms with E-state index in [0.29, 0.717) is 22.8 Å². The van der Waals surface area contributed by atoms with Crippen molar-refractivity contribution in [1.29, 1.82) is 0 Å². The van der Waals surface area contributed by atoms with E-state index < -0.39 is 21.7 Å². The lowest BCUT2D eigenvalue weighted by atomic mass is 10.1. The number of amides is 1. The van der Waals surface area contributed by atoms with Gasteiger partial charge in [-0.25, -0.2) is 17.9 Å². The van der Waals surface area contributed by atoms with Crippen LogP contribution >= 0.6 is 0 Å². The fourth-order valence-corrected chi connectivity index (χ4v) is 2.83. The lowest BCUT2D eigenvalue weighted by Crippen LogP contribution is -2.12. The summed E-state index contributed by atoms with van der Waals surface area (Å²) in [5, 5.41) is 7.59. The summed E-state index contributed by atoms with van der Waals surface area (Å²) in [6.45, 7) is 0. The van der Waals surface area contributed by atoms with E-state index in [0.717, 1.165) is 0 Å². The van der Waals surface area contributed by atoms with E-state index >= 15 is 0 Å². The number of nitrogens with two attached hydrogens (primary N) is 1. The van der Waals surface area contributed by atoms with E-state index in [1.54, 1.807) is 30.3 Å². The van der Waals surface area contributed by atoms with Gasteiger partial charge in [0.15, 0.2) is 0 Å². The van der Waals surface area contributed by atoms with Crippen molar-refractivity contribution in [2.24, 2.45) is 5.14 Å². The first kappa shape index (κ1) is 18.6. The summed E-state index contributed by atoms with van der Waals surface area (Å²) in [6, 6.07) is 14.9. The Morgan fingerprint density at radius 2 is 1.74 bits per heavy atom. The second-order valence-electron chi connectivity index (χ2n) is 5.57. The van der Waals surface area contributed by atoms with Crippen molar-refractivity contribution in [3.05, 3.63) is 78.3 Å². The second kappa shape index (κ2) is 7.56. The van der Waals surface area contributed by atoms with Crippen LogP contribution in [0.2, 0.25) is 0 Å². The summed E-state index contributed by atoms with van der Waals surface area (Å²) in [7, 11) is -3.78. The van der Waals surface area contributed by atoms with Crippen molar-refractivity contribution in [2.45, 2.75) is 4.90 Å². The van der Waals surface area contributed by atoms with Crippen LogP contribution in [0.4, 0.5) is 10.1 Å². The monoisotopic (exact) mass is 386 g/mol. The SMILES string of the molecule is NS(=O)(=O)c1ccc(NC(=O)/C=C/c2ccc(-c3ccccc3F)o2)cc1. The third-order valence-corrected chi connectivity index (χ3v) is 4.54. The van der Waals surface area contributed by atoms with Gasteiger partial charge in [0.05, 0.1) is 10.5 Å². The largest absolute Gasteiger partial charge is 0.457 e. The minimum atomic E-state index is -3.78. The van der Waals surface area contributed by atoms with Crippen LogP contribution in [-0.4, -0.2) is 14.3 Å². The topological polar surface area (TPSA) is 102 Å². The predicted molar refractivity (Wildman–Crippen MR) is 99.6 cm³/mol. The Labute approximate surface area is 155 Å². The number of anilines is 1. The number of carbonyl (C=O) groups excluding carboxylic acids is 1. The molecule has 3 aromatic rings. The maximum atomic E-state index is 13.8. The van der Waals surface area contributed by atoms with E-state index in [-0.39, 0.29) is 4.90 Å². The molecule has 3 rings (SSSR count). The first-order valence-corrected chi connectivity index (χ1v) is 9.34. The third kappa shape index (κ3) is 4.69. The quantitative estimate of drug-likeness (QED) is 0.656. The smallest absolute Gasteiger partial charge is 0.248 e. The second-order valence-corrected chi connectivity index (χ2v) is 7.14. The molecule has 0 bridgehead atoms. The highest BCUT2D eigenvalue weighted by Crippen LogP contribution is 2.25. The molecule has 0 spiro atoms. The lowest BCUT2D eigenvalue weighted by molar-refractivity contribution is -0.111. The van der Waals surface area contributed by atoms with Gasteiger partial charge in [-0.1, -0.05) is 12.1 Å². The molecule has 27 heavy (non-hydrogen) atoms. The van der Waals surface area contributed by atoms with E-state index in [1.807, 2.05) is 0 Å². The Morgan fingerprint density at radius 1 is 1.04 bits per heavy atom. The maximum absolute atomic E-state index is 13.8. The van der Waals surface area contributed by atoms with Gasteiger partial charge in [0.1, 0.15) is 17.3 Å². The number of rotatable bonds is 5. The number of benzene rings is 2. The van der Waals surface area contributed by atoms with Crippen LogP contribution < -0.4 is 10.5 Å². The Kier molecular flexibility index (Phi) is 5.20. The molecule has 0 fully saturated rings. The molecule has 138 valence electrons. The zero-order valence-electron chi connectivity index (χ0n) is 13.9. The van der Waals surface area contributed by atoms with Crippen molar-refractivity contribution in [2.75, 3.05) is 5.32 Å². The molecule has 0 aliphatic rings. The van der Waals surface area contributed by atoms with Gasteiger partial charge in [0, 0.05) is 11.8 Å². The van der Waals surface area contributed by atoms with Gasteiger partial charge in [0.25, 0.3) is 0 Å². The molecule has 8 heteroatoms. The van der Waals surface area contributed by atoms with E-state index in [1.165, 1.54) is 42.5 Å². The summed E-state index contributed by atoms with van der Waals surface area (Å²) in [6.07, 6.45) is 2.69. The molecule has 0 atom stereocenters. The minimum Gasteiger partial charge on any atom is -0.457 e. The average molecular weight is 386 g/mol. The van der Waals surface area contributed by atoms with Gasteiger partial charge in [-0.15, -0.1) is 0 Å². The molecule has 1 aromatic heterocycles. The van der Waals surface area contributed by atoms with Gasteiger partial charge in [-0.3, -0.25) is 4.79 Å². The number of primary sulfonamides is 1. The van der Waals surface area contributed by atoms with Gasteiger partial charge < -0.3 is 9.73 Å². The molecule has 1 heterocycles. The van der Waals surface area contributed by atoms with Gasteiger partial charge in [0.2, 0.25) is 15.9 Å². The Hall–Kier alpha value is -3.23. The van der Waals surface area contributed by atoms with Crippen molar-refractivity contribution < 1.29 is 22.0 Å². The predicted octanol–water partition coefficient (Wildman–Crippen LogP) is 3.39. The molecule has 0 radical (unpaired) electrons. The molecular weight excluding hydrogens is 371 g/mol. The number of carbonyl (C=O) groups is 1. The summed E-state index contributed by atoms with van der Waals surface area (Å²) in [4.78, 5) is 11.9. The highest BCUT2D eigenvalue weighted by Gasteiger charge is 2.09. The zero-order chi connectivity index (χ0) is 19.4. The maximum Gasteiger partial charge on any atom is 0.248 e. The number of halogens is 1. The lowest BCUT2D eigenvalue weighted by Gasteiger charge is -2.03. The molecule has 0 saturated heterocycles. The molecule has 6 nitrogen and oxygen atoms in total. The van der Waals surface area contributed by atoms with E-state index in [9.17, 15) is 17.6 Å². The summed E-state index contributed by atoms with van der Waals surface area (Å²) >= 11 is 0. The Balaban J connectivity index is 1.66. The van der Waals surface area contributed by atoms with Crippen LogP contribution in [-0.2, 0) is 14.8 Å². The summed E-state index contributed by atoms with van der Waals surface area (Å²) < 4.78 is 41.7. The number of hydrogen-bond acceptors (Lipinski definition) is 4. The molecule has 0 aliphatic carbocycles. The summed E-state index contributed by atoms with van der Waals surface area (Å²) in [5.41, 5.74) is 0.736. The number of hydrogen-bond donors (Lipinski definition) is 2. The van der Waals surface area contributed by atoms with Crippen molar-refractivity contribution >= 4 is 27.7 Å². The fraction of sp³-hybridized carbons (Fsp3) is 0. The minimum absolute atomic E-state index is 0.0488. The highest BCUT2D eigenvalue weighted by molar-refractivity contribution is 7.89. The van der Waals surface area contributed by atoms with Crippen molar-refractivity contribution in [1.82, 2.24) is 0 Å².